The fourth-order valence-electron chi connectivity index (χ4n) is 1.43. The van der Waals surface area contributed by atoms with Crippen molar-refractivity contribution in [3.63, 3.8) is 0 Å². The van der Waals surface area contributed by atoms with E-state index in [9.17, 15) is 8.78 Å². The molecule has 2 nitrogen and oxygen atoms in total. The van der Waals surface area contributed by atoms with Gasteiger partial charge in [-0.25, -0.2) is 8.78 Å². The van der Waals surface area contributed by atoms with Crippen molar-refractivity contribution in [3.8, 4) is 0 Å². The first-order chi connectivity index (χ1) is 6.39. The summed E-state index contributed by atoms with van der Waals surface area (Å²) < 4.78 is 26.5. The van der Waals surface area contributed by atoms with Crippen LogP contribution in [0.2, 0.25) is 0 Å². The smallest absolute Gasteiger partial charge is 0.272 e. The minimum atomic E-state index is -2.63. The topological polar surface area (TPSA) is 15.3 Å². The van der Waals surface area contributed by atoms with E-state index >= 15 is 0 Å². The van der Waals surface area contributed by atoms with Gasteiger partial charge in [-0.3, -0.25) is 4.90 Å². The van der Waals surface area contributed by atoms with Crippen LogP contribution in [0.25, 0.3) is 0 Å². The minimum Gasteiger partial charge on any atom is -0.309 e. The molecule has 0 atom stereocenters. The molecule has 0 spiro atoms. The average molecular weight is 204 g/mol. The predicted molar refractivity (Wildman–Crippen MR) is 53.7 cm³/mol. The predicted octanol–water partition coefficient (Wildman–Crippen LogP) is 1.49. The molecule has 0 bridgehead atoms. The molecule has 1 saturated heterocycles. The summed E-state index contributed by atoms with van der Waals surface area (Å²) in [4.78, 5) is 1.71. The molecular formula is C10H18F2N2. The van der Waals surface area contributed by atoms with E-state index in [0.29, 0.717) is 13.1 Å². The summed E-state index contributed by atoms with van der Waals surface area (Å²) >= 11 is 0. The highest BCUT2D eigenvalue weighted by Gasteiger charge is 2.34. The number of likely N-dealkylation sites (tertiary alicyclic amines) is 1. The van der Waals surface area contributed by atoms with Crippen molar-refractivity contribution < 1.29 is 8.78 Å². The molecule has 0 aliphatic carbocycles. The van der Waals surface area contributed by atoms with Gasteiger partial charge in [-0.2, -0.15) is 0 Å². The number of alkyl halides is 2. The van der Waals surface area contributed by atoms with E-state index in [1.165, 1.54) is 0 Å². The van der Waals surface area contributed by atoms with Gasteiger partial charge in [0.1, 0.15) is 0 Å². The lowest BCUT2D eigenvalue weighted by atomic mass is 10.1. The molecule has 4 heteroatoms. The van der Waals surface area contributed by atoms with E-state index in [0.717, 1.165) is 5.57 Å². The van der Waals surface area contributed by atoms with Crippen molar-refractivity contribution in [1.82, 2.24) is 10.2 Å². The number of hydrogen-bond acceptors (Lipinski definition) is 2. The fraction of sp³-hybridized carbons (Fsp3) is 0.800. The molecule has 0 radical (unpaired) electrons. The van der Waals surface area contributed by atoms with E-state index in [4.69, 9.17) is 0 Å². The third-order valence-electron chi connectivity index (χ3n) is 2.12. The van der Waals surface area contributed by atoms with Crippen LogP contribution >= 0.6 is 0 Å². The van der Waals surface area contributed by atoms with Crippen LogP contribution in [-0.2, 0) is 0 Å². The monoisotopic (exact) mass is 204 g/mol. The third kappa shape index (κ3) is 3.72. The summed E-state index contributed by atoms with van der Waals surface area (Å²) in [5.74, 6) is -2.63. The van der Waals surface area contributed by atoms with Gasteiger partial charge in [0.2, 0.25) is 0 Å². The van der Waals surface area contributed by atoms with Gasteiger partial charge in [0.25, 0.3) is 5.92 Å². The lowest BCUT2D eigenvalue weighted by Crippen LogP contribution is -2.50. The molecule has 1 fully saturated rings. The van der Waals surface area contributed by atoms with Crippen molar-refractivity contribution in [2.24, 2.45) is 0 Å². The highest BCUT2D eigenvalue weighted by atomic mass is 19.3. The first-order valence-corrected chi connectivity index (χ1v) is 4.89. The molecule has 1 heterocycles. The largest absolute Gasteiger partial charge is 0.309 e. The van der Waals surface area contributed by atoms with Crippen molar-refractivity contribution in [3.05, 3.63) is 12.2 Å². The van der Waals surface area contributed by atoms with Gasteiger partial charge >= 0.3 is 0 Å². The van der Waals surface area contributed by atoms with Gasteiger partial charge in [0, 0.05) is 19.1 Å². The van der Waals surface area contributed by atoms with E-state index in [1.807, 2.05) is 13.8 Å². The minimum absolute atomic E-state index is 0.104. The molecule has 0 unspecified atom stereocenters. The van der Waals surface area contributed by atoms with Crippen molar-refractivity contribution >= 4 is 0 Å². The van der Waals surface area contributed by atoms with Crippen LogP contribution in [0.15, 0.2) is 12.2 Å². The first-order valence-electron chi connectivity index (χ1n) is 4.89. The maximum atomic E-state index is 13.2. The molecule has 1 N–H and O–H groups in total. The van der Waals surface area contributed by atoms with Gasteiger partial charge in [-0.05, 0) is 5.57 Å². The Kier molecular flexibility index (Phi) is 3.61. The highest BCUT2D eigenvalue weighted by molar-refractivity contribution is 5.10. The molecule has 0 aromatic heterocycles. The summed E-state index contributed by atoms with van der Waals surface area (Å²) in [6.45, 7) is 8.28. The Labute approximate surface area is 84.0 Å². The van der Waals surface area contributed by atoms with Crippen LogP contribution in [0, 0.1) is 0 Å². The molecule has 1 aliphatic rings. The maximum absolute atomic E-state index is 13.2. The second-order valence-electron chi connectivity index (χ2n) is 4.29. The molecular weight excluding hydrogens is 186 g/mol. The molecule has 0 saturated carbocycles. The number of nitrogens with one attached hydrogen (secondary N) is 1. The summed E-state index contributed by atoms with van der Waals surface area (Å²) in [5.41, 5.74) is 1.04. The van der Waals surface area contributed by atoms with Gasteiger partial charge < -0.3 is 5.32 Å². The van der Waals surface area contributed by atoms with E-state index < -0.39 is 5.92 Å². The number of nitrogens with zero attached hydrogens (tertiary/aromatic N) is 1. The van der Waals surface area contributed by atoms with Crippen LogP contribution < -0.4 is 5.32 Å². The number of rotatable bonds is 5. The molecule has 0 aromatic rings. The Morgan fingerprint density at radius 3 is 2.50 bits per heavy atom. The molecule has 1 aliphatic heterocycles. The average Bonchev–Trinajstić information content (AvgIpc) is 1.98. The van der Waals surface area contributed by atoms with Gasteiger partial charge in [0.15, 0.2) is 0 Å². The Hall–Kier alpha value is -0.480. The quantitative estimate of drug-likeness (QED) is 0.683. The lowest BCUT2D eigenvalue weighted by molar-refractivity contribution is -0.0359. The summed E-state index contributed by atoms with van der Waals surface area (Å²) in [6.07, 6.45) is 0. The zero-order valence-corrected chi connectivity index (χ0v) is 8.82. The third-order valence-corrected chi connectivity index (χ3v) is 2.12. The highest BCUT2D eigenvalue weighted by Crippen LogP contribution is 2.20. The zero-order valence-electron chi connectivity index (χ0n) is 8.82. The van der Waals surface area contributed by atoms with Crippen LogP contribution in [0.5, 0.6) is 0 Å². The standard InChI is InChI=1S/C10H18F2N2/c1-8(2)13-6-10(11,12)7-14-4-9(3)5-14/h8,13H,3-7H2,1-2H3. The zero-order chi connectivity index (χ0) is 10.8. The van der Waals surface area contributed by atoms with Gasteiger partial charge in [-0.1, -0.05) is 20.4 Å². The Bertz CT molecular complexity index is 206. The second-order valence-corrected chi connectivity index (χ2v) is 4.29. The van der Waals surface area contributed by atoms with Gasteiger partial charge in [-0.15, -0.1) is 0 Å². The van der Waals surface area contributed by atoms with Crippen molar-refractivity contribution in [2.45, 2.75) is 25.8 Å². The van der Waals surface area contributed by atoms with Gasteiger partial charge in [0.05, 0.1) is 13.1 Å². The Balaban J connectivity index is 2.23. The van der Waals surface area contributed by atoms with E-state index in [1.54, 1.807) is 4.90 Å². The summed E-state index contributed by atoms with van der Waals surface area (Å²) in [5, 5.41) is 2.75. The lowest BCUT2D eigenvalue weighted by Gasteiger charge is -2.36. The first kappa shape index (κ1) is 11.6. The van der Waals surface area contributed by atoms with Crippen molar-refractivity contribution in [1.29, 1.82) is 0 Å². The molecule has 14 heavy (non-hydrogen) atoms. The molecule has 0 aromatic carbocycles. The van der Waals surface area contributed by atoms with Crippen molar-refractivity contribution in [2.75, 3.05) is 26.2 Å². The molecule has 0 amide bonds. The normalized spacial score (nSPS) is 18.8. The SMILES string of the molecule is C=C1CN(CC(F)(F)CNC(C)C)C1. The Morgan fingerprint density at radius 2 is 2.07 bits per heavy atom. The van der Waals surface area contributed by atoms with E-state index in [2.05, 4.69) is 11.9 Å². The van der Waals surface area contributed by atoms with Crippen LogP contribution in [0.4, 0.5) is 8.78 Å². The van der Waals surface area contributed by atoms with E-state index in [-0.39, 0.29) is 19.1 Å². The number of halogens is 2. The molecule has 82 valence electrons. The van der Waals surface area contributed by atoms with Crippen LogP contribution in [-0.4, -0.2) is 43.0 Å². The number of hydrogen-bond donors (Lipinski definition) is 1. The second kappa shape index (κ2) is 4.36. The van der Waals surface area contributed by atoms with Crippen LogP contribution in [0.3, 0.4) is 0 Å². The van der Waals surface area contributed by atoms with Crippen LogP contribution in [0.1, 0.15) is 13.8 Å². The fourth-order valence-corrected chi connectivity index (χ4v) is 1.43. The summed E-state index contributed by atoms with van der Waals surface area (Å²) in [7, 11) is 0. The molecule has 1 rings (SSSR count). The summed E-state index contributed by atoms with van der Waals surface area (Å²) in [6, 6.07) is 0.104. The maximum Gasteiger partial charge on any atom is 0.272 e. The Morgan fingerprint density at radius 1 is 1.50 bits per heavy atom.